The molecule has 1 fully saturated rings. The van der Waals surface area contributed by atoms with Crippen molar-refractivity contribution in [3.63, 3.8) is 0 Å². The summed E-state index contributed by atoms with van der Waals surface area (Å²) in [6.07, 6.45) is 5.09. The van der Waals surface area contributed by atoms with E-state index in [-0.39, 0.29) is 0 Å². The third kappa shape index (κ3) is 2.46. The maximum absolute atomic E-state index is 9.79. The summed E-state index contributed by atoms with van der Waals surface area (Å²) in [5.74, 6) is 4.85. The molecule has 0 saturated heterocycles. The molecule has 4 heteroatoms. The summed E-state index contributed by atoms with van der Waals surface area (Å²) in [5, 5.41) is 16.6. The lowest BCUT2D eigenvalue weighted by molar-refractivity contribution is 0.0118. The molecule has 0 radical (unpaired) electrons. The van der Waals surface area contributed by atoms with Gasteiger partial charge in [0.1, 0.15) is 0 Å². The smallest absolute Gasteiger partial charge is 0.0907 e. The van der Waals surface area contributed by atoms with Crippen LogP contribution in [0.1, 0.15) is 32.1 Å². The number of nitrogens with zero attached hydrogens (tertiary/aromatic N) is 2. The molecule has 0 amide bonds. The first-order valence-corrected chi connectivity index (χ1v) is 4.06. The van der Waals surface area contributed by atoms with E-state index in [0.717, 1.165) is 25.7 Å². The van der Waals surface area contributed by atoms with Gasteiger partial charge >= 0.3 is 0 Å². The highest BCUT2D eigenvalue weighted by Crippen LogP contribution is 2.27. The summed E-state index contributed by atoms with van der Waals surface area (Å²) in [4.78, 5) is 0. The fourth-order valence-electron chi connectivity index (χ4n) is 1.54. The van der Waals surface area contributed by atoms with Crippen LogP contribution in [0.4, 0.5) is 0 Å². The molecule has 0 aliphatic heterocycles. The van der Waals surface area contributed by atoms with Crippen LogP contribution in [0.3, 0.4) is 0 Å². The Bertz CT molecular complexity index is 141. The molecule has 64 valence electrons. The molecule has 11 heavy (non-hydrogen) atoms. The van der Waals surface area contributed by atoms with Crippen LogP contribution in [-0.2, 0) is 0 Å². The predicted octanol–water partition coefficient (Wildman–Crippen LogP) is 1.01. The summed E-state index contributed by atoms with van der Waals surface area (Å²) in [7, 11) is 0. The van der Waals surface area contributed by atoms with E-state index in [1.165, 1.54) is 6.42 Å². The minimum absolute atomic E-state index is 0.365. The second-order valence-electron chi connectivity index (χ2n) is 3.20. The largest absolute Gasteiger partial charge is 0.388 e. The predicted molar refractivity (Wildman–Crippen MR) is 41.9 cm³/mol. The summed E-state index contributed by atoms with van der Waals surface area (Å²) in [6.45, 7) is 0.365. The van der Waals surface area contributed by atoms with Gasteiger partial charge in [-0.25, -0.2) is 0 Å². The first-order chi connectivity index (χ1) is 5.27. The number of nitrogens with two attached hydrogens (primary N) is 1. The van der Waals surface area contributed by atoms with Crippen molar-refractivity contribution in [3.8, 4) is 0 Å². The second kappa shape index (κ2) is 3.67. The fourth-order valence-corrected chi connectivity index (χ4v) is 1.54. The van der Waals surface area contributed by atoms with Gasteiger partial charge in [0.25, 0.3) is 0 Å². The Balaban J connectivity index is 2.37. The molecular formula is C7H15N3O. The zero-order valence-electron chi connectivity index (χ0n) is 6.66. The molecule has 1 rings (SSSR count). The van der Waals surface area contributed by atoms with E-state index in [9.17, 15) is 5.11 Å². The van der Waals surface area contributed by atoms with Crippen molar-refractivity contribution in [2.24, 2.45) is 16.2 Å². The number of rotatable bonds is 2. The van der Waals surface area contributed by atoms with Gasteiger partial charge in [0, 0.05) is 0 Å². The summed E-state index contributed by atoms with van der Waals surface area (Å²) < 4.78 is 0. The molecule has 1 saturated carbocycles. The molecule has 1 aliphatic carbocycles. The molecule has 0 atom stereocenters. The van der Waals surface area contributed by atoms with Gasteiger partial charge in [-0.1, -0.05) is 24.5 Å². The normalized spacial score (nSPS) is 24.1. The minimum Gasteiger partial charge on any atom is -0.388 e. The van der Waals surface area contributed by atoms with Gasteiger partial charge in [-0.05, 0) is 12.8 Å². The average Bonchev–Trinajstić information content (AvgIpc) is 2.03. The first-order valence-electron chi connectivity index (χ1n) is 4.06. The van der Waals surface area contributed by atoms with E-state index in [4.69, 9.17) is 5.84 Å². The van der Waals surface area contributed by atoms with Gasteiger partial charge in [-0.3, -0.25) is 0 Å². The quantitative estimate of drug-likeness (QED) is 0.356. The number of aliphatic hydroxyl groups is 1. The van der Waals surface area contributed by atoms with Crippen LogP contribution in [0.15, 0.2) is 10.3 Å². The third-order valence-corrected chi connectivity index (χ3v) is 2.23. The Morgan fingerprint density at radius 3 is 2.45 bits per heavy atom. The van der Waals surface area contributed by atoms with Crippen molar-refractivity contribution < 1.29 is 5.11 Å². The fraction of sp³-hybridized carbons (Fsp3) is 1.00. The molecule has 1 aliphatic rings. The summed E-state index contributed by atoms with van der Waals surface area (Å²) >= 11 is 0. The van der Waals surface area contributed by atoms with Gasteiger partial charge in [0.2, 0.25) is 0 Å². The minimum atomic E-state index is -0.610. The van der Waals surface area contributed by atoms with Crippen LogP contribution in [0.5, 0.6) is 0 Å². The van der Waals surface area contributed by atoms with Crippen molar-refractivity contribution >= 4 is 0 Å². The van der Waals surface area contributed by atoms with Crippen molar-refractivity contribution in [1.82, 2.24) is 0 Å². The topological polar surface area (TPSA) is 71.0 Å². The highest BCUT2D eigenvalue weighted by atomic mass is 16.3. The van der Waals surface area contributed by atoms with Gasteiger partial charge in [0.15, 0.2) is 0 Å². The molecule has 3 N–H and O–H groups in total. The maximum atomic E-state index is 9.79. The molecular weight excluding hydrogens is 142 g/mol. The summed E-state index contributed by atoms with van der Waals surface area (Å²) in [6, 6.07) is 0. The number of hydrogen-bond acceptors (Lipinski definition) is 3. The molecule has 0 bridgehead atoms. The summed E-state index contributed by atoms with van der Waals surface area (Å²) in [5.41, 5.74) is -0.610. The van der Waals surface area contributed by atoms with Crippen LogP contribution in [0.25, 0.3) is 0 Å². The van der Waals surface area contributed by atoms with E-state index in [0.29, 0.717) is 6.54 Å². The second-order valence-corrected chi connectivity index (χ2v) is 3.20. The van der Waals surface area contributed by atoms with E-state index in [2.05, 4.69) is 10.3 Å². The van der Waals surface area contributed by atoms with Crippen molar-refractivity contribution in [3.05, 3.63) is 0 Å². The molecule has 0 spiro atoms. The van der Waals surface area contributed by atoms with Gasteiger partial charge in [-0.2, -0.15) is 5.11 Å². The van der Waals surface area contributed by atoms with Crippen LogP contribution in [0, 0.1) is 0 Å². The van der Waals surface area contributed by atoms with Gasteiger partial charge in [-0.15, -0.1) is 0 Å². The monoisotopic (exact) mass is 157 g/mol. The Morgan fingerprint density at radius 1 is 1.27 bits per heavy atom. The Hall–Kier alpha value is -0.640. The van der Waals surface area contributed by atoms with Crippen LogP contribution in [-0.4, -0.2) is 17.3 Å². The zero-order valence-corrected chi connectivity index (χ0v) is 6.66. The Kier molecular flexibility index (Phi) is 2.82. The van der Waals surface area contributed by atoms with Crippen LogP contribution in [0.2, 0.25) is 0 Å². The molecule has 0 unspecified atom stereocenters. The van der Waals surface area contributed by atoms with Crippen molar-refractivity contribution in [2.45, 2.75) is 37.7 Å². The first kappa shape index (κ1) is 8.46. The van der Waals surface area contributed by atoms with E-state index in [1.807, 2.05) is 0 Å². The van der Waals surface area contributed by atoms with Crippen molar-refractivity contribution in [2.75, 3.05) is 6.54 Å². The lowest BCUT2D eigenvalue weighted by Crippen LogP contribution is -2.34. The third-order valence-electron chi connectivity index (χ3n) is 2.23. The maximum Gasteiger partial charge on any atom is 0.0907 e. The molecule has 0 heterocycles. The van der Waals surface area contributed by atoms with E-state index >= 15 is 0 Å². The van der Waals surface area contributed by atoms with Crippen LogP contribution >= 0.6 is 0 Å². The highest BCUT2D eigenvalue weighted by molar-refractivity contribution is 4.83. The van der Waals surface area contributed by atoms with E-state index in [1.54, 1.807) is 0 Å². The lowest BCUT2D eigenvalue weighted by atomic mass is 9.85. The lowest BCUT2D eigenvalue weighted by Gasteiger charge is -2.29. The van der Waals surface area contributed by atoms with E-state index < -0.39 is 5.60 Å². The van der Waals surface area contributed by atoms with Gasteiger partial charge < -0.3 is 10.9 Å². The molecule has 0 aromatic rings. The Morgan fingerprint density at radius 2 is 1.91 bits per heavy atom. The average molecular weight is 157 g/mol. The number of hydrogen-bond donors (Lipinski definition) is 2. The SMILES string of the molecule is NN=NCC1(O)CCCCC1. The Labute approximate surface area is 66.5 Å². The van der Waals surface area contributed by atoms with Crippen LogP contribution < -0.4 is 5.84 Å². The van der Waals surface area contributed by atoms with Gasteiger partial charge in [0.05, 0.1) is 12.1 Å². The molecule has 4 nitrogen and oxygen atoms in total. The highest BCUT2D eigenvalue weighted by Gasteiger charge is 2.28. The van der Waals surface area contributed by atoms with Crippen molar-refractivity contribution in [1.29, 1.82) is 0 Å². The standard InChI is InChI=1S/C7H15N3O/c8-10-9-6-7(11)4-2-1-3-5-7/h11H,1-6H2,(H2,8,9). The zero-order chi connectivity index (χ0) is 8.16. The molecule has 0 aromatic heterocycles. The molecule has 0 aromatic carbocycles.